The third-order valence-electron chi connectivity index (χ3n) is 4.24. The molecule has 8 heteroatoms. The predicted molar refractivity (Wildman–Crippen MR) is 96.5 cm³/mol. The van der Waals surface area contributed by atoms with E-state index in [-0.39, 0.29) is 22.2 Å². The number of halogens is 1. The molecule has 0 spiro atoms. The van der Waals surface area contributed by atoms with E-state index in [1.54, 1.807) is 23.1 Å². The number of amides is 1. The highest BCUT2D eigenvalue weighted by atomic mass is 32.2. The van der Waals surface area contributed by atoms with Crippen LogP contribution in [0.1, 0.15) is 18.4 Å². The summed E-state index contributed by atoms with van der Waals surface area (Å²) in [5.41, 5.74) is 1.82. The highest BCUT2D eigenvalue weighted by molar-refractivity contribution is 7.92. The molecule has 1 aliphatic heterocycles. The van der Waals surface area contributed by atoms with Crippen LogP contribution < -0.4 is 14.4 Å². The Morgan fingerprint density at radius 3 is 2.62 bits per heavy atom. The lowest BCUT2D eigenvalue weighted by Crippen LogP contribution is -2.24. The Balaban J connectivity index is 1.96. The monoisotopic (exact) mass is 378 g/mol. The second kappa shape index (κ2) is 6.95. The number of benzene rings is 2. The number of nitrogens with one attached hydrogen (secondary N) is 1. The number of ether oxygens (including phenoxy) is 1. The SMILES string of the molecule is COc1ccc(F)cc1S(=O)(=O)Nc1ccc(C)c(N2CCCC2=O)c1. The predicted octanol–water partition coefficient (Wildman–Crippen LogP) is 3.07. The van der Waals surface area contributed by atoms with Crippen molar-refractivity contribution in [1.82, 2.24) is 0 Å². The van der Waals surface area contributed by atoms with Gasteiger partial charge < -0.3 is 9.64 Å². The molecular weight excluding hydrogens is 359 g/mol. The molecule has 138 valence electrons. The summed E-state index contributed by atoms with van der Waals surface area (Å²) < 4.78 is 46.3. The zero-order valence-corrected chi connectivity index (χ0v) is 15.3. The molecule has 3 rings (SSSR count). The Labute approximate surface area is 151 Å². The number of aryl methyl sites for hydroxylation is 1. The normalized spacial score (nSPS) is 14.6. The summed E-state index contributed by atoms with van der Waals surface area (Å²) in [7, 11) is -2.75. The van der Waals surface area contributed by atoms with E-state index in [1.807, 2.05) is 6.92 Å². The number of methoxy groups -OCH3 is 1. The summed E-state index contributed by atoms with van der Waals surface area (Å²) in [5, 5.41) is 0. The van der Waals surface area contributed by atoms with Gasteiger partial charge in [-0.15, -0.1) is 0 Å². The van der Waals surface area contributed by atoms with Crippen LogP contribution >= 0.6 is 0 Å². The zero-order chi connectivity index (χ0) is 18.9. The van der Waals surface area contributed by atoms with Gasteiger partial charge in [-0.1, -0.05) is 6.07 Å². The smallest absolute Gasteiger partial charge is 0.265 e. The van der Waals surface area contributed by atoms with Crippen molar-refractivity contribution in [1.29, 1.82) is 0 Å². The largest absolute Gasteiger partial charge is 0.495 e. The van der Waals surface area contributed by atoms with Crippen molar-refractivity contribution in [2.45, 2.75) is 24.7 Å². The van der Waals surface area contributed by atoms with Crippen molar-refractivity contribution >= 4 is 27.3 Å². The molecule has 0 unspecified atom stereocenters. The van der Waals surface area contributed by atoms with Crippen LogP contribution in [-0.2, 0) is 14.8 Å². The number of nitrogens with zero attached hydrogens (tertiary/aromatic N) is 1. The second-order valence-electron chi connectivity index (χ2n) is 6.05. The van der Waals surface area contributed by atoms with E-state index in [0.29, 0.717) is 18.7 Å². The van der Waals surface area contributed by atoms with Crippen LogP contribution in [0.15, 0.2) is 41.3 Å². The summed E-state index contributed by atoms with van der Waals surface area (Å²) in [6.07, 6.45) is 1.25. The molecule has 0 aromatic heterocycles. The third-order valence-corrected chi connectivity index (χ3v) is 5.64. The van der Waals surface area contributed by atoms with E-state index in [0.717, 1.165) is 24.1 Å². The van der Waals surface area contributed by atoms with Gasteiger partial charge in [0.15, 0.2) is 0 Å². The van der Waals surface area contributed by atoms with Crippen LogP contribution in [0.2, 0.25) is 0 Å². The van der Waals surface area contributed by atoms with Crippen LogP contribution in [0.4, 0.5) is 15.8 Å². The van der Waals surface area contributed by atoms with Crippen LogP contribution in [-0.4, -0.2) is 28.0 Å². The Morgan fingerprint density at radius 2 is 1.96 bits per heavy atom. The van der Waals surface area contributed by atoms with Gasteiger partial charge in [-0.2, -0.15) is 0 Å². The van der Waals surface area contributed by atoms with E-state index >= 15 is 0 Å². The Morgan fingerprint density at radius 1 is 1.19 bits per heavy atom. The summed E-state index contributed by atoms with van der Waals surface area (Å²) in [5.74, 6) is -0.626. The van der Waals surface area contributed by atoms with Crippen molar-refractivity contribution in [2.24, 2.45) is 0 Å². The molecule has 1 fully saturated rings. The first kappa shape index (κ1) is 18.2. The van der Waals surface area contributed by atoms with E-state index in [4.69, 9.17) is 4.74 Å². The average molecular weight is 378 g/mol. The maximum Gasteiger partial charge on any atom is 0.265 e. The van der Waals surface area contributed by atoms with Crippen LogP contribution in [0.3, 0.4) is 0 Å². The molecule has 0 radical (unpaired) electrons. The topological polar surface area (TPSA) is 75.7 Å². The molecule has 1 aliphatic rings. The molecular formula is C18H19FN2O4S. The maximum absolute atomic E-state index is 13.5. The highest BCUT2D eigenvalue weighted by Crippen LogP contribution is 2.31. The highest BCUT2D eigenvalue weighted by Gasteiger charge is 2.25. The zero-order valence-electron chi connectivity index (χ0n) is 14.5. The van der Waals surface area contributed by atoms with E-state index in [1.165, 1.54) is 13.2 Å². The average Bonchev–Trinajstić information content (AvgIpc) is 3.02. The Bertz CT molecular complexity index is 960. The van der Waals surface area contributed by atoms with Gasteiger partial charge in [-0.3, -0.25) is 9.52 Å². The standard InChI is InChI=1S/C18H19FN2O4S/c1-12-5-7-14(11-15(12)21-9-3-4-18(21)22)20-26(23,24)17-10-13(19)6-8-16(17)25-2/h5-8,10-11,20H,3-4,9H2,1-2H3. The summed E-state index contributed by atoms with van der Waals surface area (Å²) in [6.45, 7) is 2.46. The molecule has 1 N–H and O–H groups in total. The summed E-state index contributed by atoms with van der Waals surface area (Å²) in [4.78, 5) is 13.4. The van der Waals surface area contributed by atoms with Gasteiger partial charge in [0, 0.05) is 18.7 Å². The lowest BCUT2D eigenvalue weighted by Gasteiger charge is -2.20. The summed E-state index contributed by atoms with van der Waals surface area (Å²) in [6, 6.07) is 8.24. The van der Waals surface area contributed by atoms with Crippen LogP contribution in [0, 0.1) is 12.7 Å². The van der Waals surface area contributed by atoms with Crippen molar-refractivity contribution < 1.29 is 22.3 Å². The first-order chi connectivity index (χ1) is 12.3. The number of carbonyl (C=O) groups excluding carboxylic acids is 1. The molecule has 0 atom stereocenters. The van der Waals surface area contributed by atoms with E-state index < -0.39 is 15.8 Å². The van der Waals surface area contributed by atoms with Gasteiger partial charge in [0.05, 0.1) is 12.8 Å². The first-order valence-corrected chi connectivity index (χ1v) is 9.57. The summed E-state index contributed by atoms with van der Waals surface area (Å²) >= 11 is 0. The lowest BCUT2D eigenvalue weighted by molar-refractivity contribution is -0.117. The maximum atomic E-state index is 13.5. The fourth-order valence-corrected chi connectivity index (χ4v) is 4.17. The van der Waals surface area contributed by atoms with Gasteiger partial charge >= 0.3 is 0 Å². The number of sulfonamides is 1. The van der Waals surface area contributed by atoms with Crippen molar-refractivity contribution in [3.63, 3.8) is 0 Å². The number of anilines is 2. The molecule has 0 saturated carbocycles. The molecule has 6 nitrogen and oxygen atoms in total. The first-order valence-electron chi connectivity index (χ1n) is 8.09. The fourth-order valence-electron chi connectivity index (χ4n) is 2.94. The molecule has 0 aliphatic carbocycles. The van der Waals surface area contributed by atoms with Gasteiger partial charge in [0.25, 0.3) is 10.0 Å². The third kappa shape index (κ3) is 3.50. The van der Waals surface area contributed by atoms with Crippen LogP contribution in [0.5, 0.6) is 5.75 Å². The van der Waals surface area contributed by atoms with E-state index in [2.05, 4.69) is 4.72 Å². The quantitative estimate of drug-likeness (QED) is 0.868. The minimum Gasteiger partial charge on any atom is -0.495 e. The Hall–Kier alpha value is -2.61. The molecule has 2 aromatic rings. The number of hydrogen-bond acceptors (Lipinski definition) is 4. The van der Waals surface area contributed by atoms with E-state index in [9.17, 15) is 17.6 Å². The molecule has 0 bridgehead atoms. The molecule has 1 heterocycles. The molecule has 2 aromatic carbocycles. The van der Waals surface area contributed by atoms with Gasteiger partial charge in [0.2, 0.25) is 5.91 Å². The number of hydrogen-bond donors (Lipinski definition) is 1. The minimum absolute atomic E-state index is 0.0138. The second-order valence-corrected chi connectivity index (χ2v) is 7.70. The van der Waals surface area contributed by atoms with Crippen molar-refractivity contribution in [2.75, 3.05) is 23.3 Å². The Kier molecular flexibility index (Phi) is 4.86. The van der Waals surface area contributed by atoms with Gasteiger partial charge in [-0.05, 0) is 49.2 Å². The number of carbonyl (C=O) groups is 1. The minimum atomic E-state index is -4.06. The molecule has 1 amide bonds. The van der Waals surface area contributed by atoms with Gasteiger partial charge in [-0.25, -0.2) is 12.8 Å². The number of rotatable bonds is 5. The van der Waals surface area contributed by atoms with Crippen LogP contribution in [0.25, 0.3) is 0 Å². The molecule has 1 saturated heterocycles. The fraction of sp³-hybridized carbons (Fsp3) is 0.278. The lowest BCUT2D eigenvalue weighted by atomic mass is 10.1. The van der Waals surface area contributed by atoms with Gasteiger partial charge in [0.1, 0.15) is 16.5 Å². The molecule has 26 heavy (non-hydrogen) atoms. The van der Waals surface area contributed by atoms with Crippen molar-refractivity contribution in [3.05, 3.63) is 47.8 Å². The van der Waals surface area contributed by atoms with Crippen molar-refractivity contribution in [3.8, 4) is 5.75 Å².